The second kappa shape index (κ2) is 6.40. The number of carboxylic acid groups (broad SMARTS) is 1. The summed E-state index contributed by atoms with van der Waals surface area (Å²) in [5, 5.41) is 18.1. The van der Waals surface area contributed by atoms with Crippen molar-refractivity contribution in [3.63, 3.8) is 0 Å². The van der Waals surface area contributed by atoms with Crippen molar-refractivity contribution in [3.8, 4) is 11.8 Å². The van der Waals surface area contributed by atoms with E-state index in [9.17, 15) is 4.79 Å². The zero-order chi connectivity index (χ0) is 14.5. The molecule has 1 unspecified atom stereocenters. The van der Waals surface area contributed by atoms with Gasteiger partial charge in [-0.05, 0) is 37.6 Å². The molecule has 1 N–H and O–H groups in total. The van der Waals surface area contributed by atoms with Crippen LogP contribution >= 0.6 is 0 Å². The minimum absolute atomic E-state index is 0.297. The lowest BCUT2D eigenvalue weighted by molar-refractivity contribution is -0.143. The number of hydrogen-bond donors (Lipinski definition) is 1. The van der Waals surface area contributed by atoms with Gasteiger partial charge in [0.2, 0.25) is 0 Å². The van der Waals surface area contributed by atoms with Crippen LogP contribution in [0.2, 0.25) is 0 Å². The molecule has 1 aromatic rings. The van der Waals surface area contributed by atoms with Crippen LogP contribution in [0.25, 0.3) is 0 Å². The van der Waals surface area contributed by atoms with Gasteiger partial charge in [-0.2, -0.15) is 5.26 Å². The Hall–Kier alpha value is -2.06. The Labute approximate surface area is 118 Å². The Bertz CT molecular complexity index is 536. The zero-order valence-electron chi connectivity index (χ0n) is 11.5. The van der Waals surface area contributed by atoms with Gasteiger partial charge in [-0.15, -0.1) is 0 Å². The number of rotatable bonds is 4. The fraction of sp³-hybridized carbons (Fsp3) is 0.467. The summed E-state index contributed by atoms with van der Waals surface area (Å²) < 4.78 is 5.31. The molecule has 1 fully saturated rings. The summed E-state index contributed by atoms with van der Waals surface area (Å²) in [5.74, 6) is -0.289. The Kier molecular flexibility index (Phi) is 4.59. The maximum absolute atomic E-state index is 11.1. The predicted molar refractivity (Wildman–Crippen MR) is 73.3 cm³/mol. The van der Waals surface area contributed by atoms with Crippen molar-refractivity contribution in [2.45, 2.75) is 19.4 Å². The first-order chi connectivity index (χ1) is 9.63. The van der Waals surface area contributed by atoms with E-state index in [1.807, 2.05) is 6.07 Å². The van der Waals surface area contributed by atoms with Crippen LogP contribution < -0.4 is 4.74 Å². The number of nitrogens with zero attached hydrogens (tertiary/aromatic N) is 2. The van der Waals surface area contributed by atoms with Crippen molar-refractivity contribution >= 4 is 5.97 Å². The Balaban J connectivity index is 2.12. The summed E-state index contributed by atoms with van der Waals surface area (Å²) in [6, 6.07) is 7.43. The third-order valence-electron chi connectivity index (χ3n) is 3.66. The standard InChI is InChI=1S/C15H18N2O3/c1-20-14-5-4-11(8-16)7-13(14)10-17-6-2-3-12(9-17)15(18)19/h4-5,7,12H,2-3,6,9-10H2,1H3,(H,18,19). The molecule has 1 saturated heterocycles. The van der Waals surface area contributed by atoms with Crippen molar-refractivity contribution in [2.75, 3.05) is 20.2 Å². The average molecular weight is 274 g/mol. The predicted octanol–water partition coefficient (Wildman–Crippen LogP) is 1.86. The number of ether oxygens (including phenoxy) is 1. The summed E-state index contributed by atoms with van der Waals surface area (Å²) in [6.45, 7) is 2.04. The van der Waals surface area contributed by atoms with E-state index in [0.29, 0.717) is 18.7 Å². The van der Waals surface area contributed by atoms with Gasteiger partial charge in [0.25, 0.3) is 0 Å². The van der Waals surface area contributed by atoms with Crippen LogP contribution in [0, 0.1) is 17.2 Å². The normalized spacial score (nSPS) is 19.3. The number of likely N-dealkylation sites (tertiary alicyclic amines) is 1. The van der Waals surface area contributed by atoms with Gasteiger partial charge in [0.1, 0.15) is 5.75 Å². The van der Waals surface area contributed by atoms with E-state index in [0.717, 1.165) is 30.7 Å². The zero-order valence-corrected chi connectivity index (χ0v) is 11.5. The molecule has 20 heavy (non-hydrogen) atoms. The molecule has 0 spiro atoms. The molecule has 1 aliphatic heterocycles. The molecule has 106 valence electrons. The fourth-order valence-electron chi connectivity index (χ4n) is 2.61. The SMILES string of the molecule is COc1ccc(C#N)cc1CN1CCCC(C(=O)O)C1. The first-order valence-corrected chi connectivity index (χ1v) is 6.66. The molecule has 0 radical (unpaired) electrons. The van der Waals surface area contributed by atoms with Crippen molar-refractivity contribution in [2.24, 2.45) is 5.92 Å². The van der Waals surface area contributed by atoms with Crippen molar-refractivity contribution in [1.29, 1.82) is 5.26 Å². The van der Waals surface area contributed by atoms with Crippen LogP contribution in [-0.2, 0) is 11.3 Å². The van der Waals surface area contributed by atoms with Gasteiger partial charge in [0.15, 0.2) is 0 Å². The highest BCUT2D eigenvalue weighted by atomic mass is 16.5. The molecule has 5 heteroatoms. The Morgan fingerprint density at radius 2 is 2.40 bits per heavy atom. The molecule has 0 amide bonds. The average Bonchev–Trinajstić information content (AvgIpc) is 2.47. The largest absolute Gasteiger partial charge is 0.496 e. The van der Waals surface area contributed by atoms with Crippen LogP contribution in [-0.4, -0.2) is 36.2 Å². The molecule has 1 heterocycles. The highest BCUT2D eigenvalue weighted by Gasteiger charge is 2.25. The van der Waals surface area contributed by atoms with Gasteiger partial charge in [0, 0.05) is 18.7 Å². The van der Waals surface area contributed by atoms with E-state index >= 15 is 0 Å². The second-order valence-corrected chi connectivity index (χ2v) is 5.05. The Morgan fingerprint density at radius 3 is 3.05 bits per heavy atom. The van der Waals surface area contributed by atoms with Gasteiger partial charge >= 0.3 is 5.97 Å². The summed E-state index contributed by atoms with van der Waals surface area (Å²) in [7, 11) is 1.60. The molecule has 1 aromatic carbocycles. The number of carbonyl (C=O) groups is 1. The first kappa shape index (κ1) is 14.4. The molecule has 1 aliphatic rings. The highest BCUT2D eigenvalue weighted by molar-refractivity contribution is 5.70. The quantitative estimate of drug-likeness (QED) is 0.907. The molecule has 2 rings (SSSR count). The molecule has 0 bridgehead atoms. The summed E-state index contributed by atoms with van der Waals surface area (Å²) in [6.07, 6.45) is 1.62. The van der Waals surface area contributed by atoms with E-state index in [1.54, 1.807) is 19.2 Å². The van der Waals surface area contributed by atoms with Crippen LogP contribution in [0.5, 0.6) is 5.75 Å². The lowest BCUT2D eigenvalue weighted by Gasteiger charge is -2.31. The first-order valence-electron chi connectivity index (χ1n) is 6.66. The van der Waals surface area contributed by atoms with Gasteiger partial charge in [-0.25, -0.2) is 0 Å². The van der Waals surface area contributed by atoms with Crippen LogP contribution in [0.15, 0.2) is 18.2 Å². The van der Waals surface area contributed by atoms with Gasteiger partial charge in [-0.1, -0.05) is 0 Å². The van der Waals surface area contributed by atoms with Gasteiger partial charge < -0.3 is 9.84 Å². The number of benzene rings is 1. The monoisotopic (exact) mass is 274 g/mol. The lowest BCUT2D eigenvalue weighted by atomic mass is 9.97. The molecule has 0 saturated carbocycles. The maximum Gasteiger partial charge on any atom is 0.307 e. The van der Waals surface area contributed by atoms with Gasteiger partial charge in [0.05, 0.1) is 24.7 Å². The van der Waals surface area contributed by atoms with E-state index in [1.165, 1.54) is 0 Å². The van der Waals surface area contributed by atoms with E-state index < -0.39 is 5.97 Å². The Morgan fingerprint density at radius 1 is 1.60 bits per heavy atom. The van der Waals surface area contributed by atoms with Crippen LogP contribution in [0.4, 0.5) is 0 Å². The third-order valence-corrected chi connectivity index (χ3v) is 3.66. The van der Waals surface area contributed by atoms with Crippen molar-refractivity contribution in [3.05, 3.63) is 29.3 Å². The number of carboxylic acids is 1. The highest BCUT2D eigenvalue weighted by Crippen LogP contribution is 2.24. The van der Waals surface area contributed by atoms with Crippen molar-refractivity contribution < 1.29 is 14.6 Å². The molecular weight excluding hydrogens is 256 g/mol. The van der Waals surface area contributed by atoms with Crippen LogP contribution in [0.1, 0.15) is 24.0 Å². The summed E-state index contributed by atoms with van der Waals surface area (Å²) >= 11 is 0. The summed E-state index contributed by atoms with van der Waals surface area (Å²) in [4.78, 5) is 13.2. The maximum atomic E-state index is 11.1. The third kappa shape index (κ3) is 3.28. The van der Waals surface area contributed by atoms with Gasteiger partial charge in [-0.3, -0.25) is 9.69 Å². The minimum atomic E-state index is -0.729. The van der Waals surface area contributed by atoms with E-state index in [2.05, 4.69) is 11.0 Å². The minimum Gasteiger partial charge on any atom is -0.496 e. The van der Waals surface area contributed by atoms with Crippen LogP contribution in [0.3, 0.4) is 0 Å². The number of nitriles is 1. The molecule has 0 aromatic heterocycles. The number of hydrogen-bond acceptors (Lipinski definition) is 4. The lowest BCUT2D eigenvalue weighted by Crippen LogP contribution is -2.38. The summed E-state index contributed by atoms with van der Waals surface area (Å²) in [5.41, 5.74) is 1.52. The molecule has 1 atom stereocenters. The topological polar surface area (TPSA) is 73.6 Å². The number of methoxy groups -OCH3 is 1. The molecule has 5 nitrogen and oxygen atoms in total. The second-order valence-electron chi connectivity index (χ2n) is 5.05. The van der Waals surface area contributed by atoms with E-state index in [-0.39, 0.29) is 5.92 Å². The fourth-order valence-corrected chi connectivity index (χ4v) is 2.61. The smallest absolute Gasteiger partial charge is 0.307 e. The molecule has 0 aliphatic carbocycles. The van der Waals surface area contributed by atoms with E-state index in [4.69, 9.17) is 15.1 Å². The number of piperidine rings is 1. The number of aliphatic carboxylic acids is 1. The molecular formula is C15H18N2O3. The van der Waals surface area contributed by atoms with Crippen molar-refractivity contribution in [1.82, 2.24) is 4.90 Å².